The number of nitrogens with zero attached hydrogens (tertiary/aromatic N) is 3. The summed E-state index contributed by atoms with van der Waals surface area (Å²) in [5.74, 6) is -2.12. The molecule has 0 saturated heterocycles. The summed E-state index contributed by atoms with van der Waals surface area (Å²) < 4.78 is 60.1. The Balaban J connectivity index is 2.25. The molecule has 1 aliphatic carbocycles. The Morgan fingerprint density at radius 2 is 2.07 bits per heavy atom. The highest BCUT2D eigenvalue weighted by atomic mass is 19.4. The molecule has 10 heteroatoms. The molecule has 27 heavy (non-hydrogen) atoms. The van der Waals surface area contributed by atoms with E-state index in [0.717, 1.165) is 18.3 Å². The highest BCUT2D eigenvalue weighted by Gasteiger charge is 2.61. The van der Waals surface area contributed by atoms with E-state index in [-0.39, 0.29) is 6.42 Å². The number of rotatable bonds is 3. The molecule has 2 atom stereocenters. The topological polar surface area (TPSA) is 87.4 Å². The third kappa shape index (κ3) is 3.21. The molecular weight excluding hydrogens is 368 g/mol. The summed E-state index contributed by atoms with van der Waals surface area (Å²) in [6, 6.07) is 3.55. The highest BCUT2D eigenvalue weighted by molar-refractivity contribution is 6.16. The third-order valence-corrected chi connectivity index (χ3v) is 4.09. The number of carbonyl (C=O) groups excluding carboxylic acids is 1. The van der Waals surface area contributed by atoms with Crippen molar-refractivity contribution in [3.63, 3.8) is 0 Å². The predicted molar refractivity (Wildman–Crippen MR) is 84.7 cm³/mol. The van der Waals surface area contributed by atoms with Crippen molar-refractivity contribution in [3.05, 3.63) is 54.1 Å². The second-order valence-electron chi connectivity index (χ2n) is 5.81. The molecule has 0 fully saturated rings. The van der Waals surface area contributed by atoms with E-state index in [4.69, 9.17) is 4.74 Å². The van der Waals surface area contributed by atoms with Crippen LogP contribution in [0.1, 0.15) is 12.0 Å². The molecule has 0 aromatic carbocycles. The van der Waals surface area contributed by atoms with Gasteiger partial charge in [0, 0.05) is 18.2 Å². The molecule has 2 aliphatic rings. The zero-order valence-electron chi connectivity index (χ0n) is 13.6. The molecule has 140 valence electrons. The van der Waals surface area contributed by atoms with Gasteiger partial charge < -0.3 is 10.1 Å². The van der Waals surface area contributed by atoms with Crippen molar-refractivity contribution in [3.8, 4) is 6.07 Å². The minimum atomic E-state index is -5.04. The van der Waals surface area contributed by atoms with Crippen molar-refractivity contribution in [1.82, 2.24) is 10.3 Å². The summed E-state index contributed by atoms with van der Waals surface area (Å²) in [5, 5.41) is 11.8. The summed E-state index contributed by atoms with van der Waals surface area (Å²) >= 11 is 0. The van der Waals surface area contributed by atoms with Crippen molar-refractivity contribution in [2.24, 2.45) is 4.99 Å². The van der Waals surface area contributed by atoms with Crippen LogP contribution in [0.5, 0.6) is 0 Å². The normalized spacial score (nSPS) is 27.7. The monoisotopic (exact) mass is 380 g/mol. The van der Waals surface area contributed by atoms with Gasteiger partial charge in [0.1, 0.15) is 12.7 Å². The second-order valence-corrected chi connectivity index (χ2v) is 5.81. The van der Waals surface area contributed by atoms with E-state index in [1.807, 2.05) is 0 Å². The number of carbonyl (C=O) groups is 1. The van der Waals surface area contributed by atoms with E-state index in [1.54, 1.807) is 12.1 Å². The minimum absolute atomic E-state index is 0.0885. The quantitative estimate of drug-likeness (QED) is 0.644. The second kappa shape index (κ2) is 6.59. The number of alkyl halides is 3. The largest absolute Gasteiger partial charge is 0.432 e. The van der Waals surface area contributed by atoms with Gasteiger partial charge >= 0.3 is 6.18 Å². The van der Waals surface area contributed by atoms with Gasteiger partial charge in [-0.1, -0.05) is 18.2 Å². The van der Waals surface area contributed by atoms with Crippen molar-refractivity contribution in [2.75, 3.05) is 6.67 Å². The van der Waals surface area contributed by atoms with Gasteiger partial charge in [0.05, 0.1) is 0 Å². The maximum Gasteiger partial charge on any atom is 0.432 e. The molecule has 1 amide bonds. The van der Waals surface area contributed by atoms with E-state index in [0.29, 0.717) is 0 Å². The first-order valence-corrected chi connectivity index (χ1v) is 7.72. The molecule has 0 saturated carbocycles. The molecule has 1 aromatic heterocycles. The molecule has 3 rings (SSSR count). The number of hydrogen-bond acceptors (Lipinski definition) is 5. The van der Waals surface area contributed by atoms with Gasteiger partial charge in [0.2, 0.25) is 11.5 Å². The molecule has 0 bridgehead atoms. The van der Waals surface area contributed by atoms with Crippen molar-refractivity contribution in [1.29, 1.82) is 5.26 Å². The van der Waals surface area contributed by atoms with E-state index < -0.39 is 47.2 Å². The standard InChI is InChI=1S/C17H12F4N4O2/c18-12-5-4-11(8-23-12)16(27-15(9-22)6-2-1-3-7-15)13(17(19,20)21)24-10-25-14(16)26/h1-6,8H,7,10H2,(H,25,26). The molecule has 2 unspecified atom stereocenters. The Kier molecular flexibility index (Phi) is 4.57. The Hall–Kier alpha value is -3.06. The average molecular weight is 380 g/mol. The van der Waals surface area contributed by atoms with Gasteiger partial charge in [-0.3, -0.25) is 9.79 Å². The fourth-order valence-electron chi connectivity index (χ4n) is 2.88. The molecule has 0 radical (unpaired) electrons. The van der Waals surface area contributed by atoms with Gasteiger partial charge in [-0.15, -0.1) is 0 Å². The molecule has 0 spiro atoms. The van der Waals surface area contributed by atoms with E-state index in [9.17, 15) is 27.6 Å². The van der Waals surface area contributed by atoms with Crippen molar-refractivity contribution in [2.45, 2.75) is 23.8 Å². The molecular formula is C17H12F4N4O2. The summed E-state index contributed by atoms with van der Waals surface area (Å²) in [7, 11) is 0. The van der Waals surface area contributed by atoms with Gasteiger partial charge in [0.25, 0.3) is 5.91 Å². The first-order valence-electron chi connectivity index (χ1n) is 7.72. The van der Waals surface area contributed by atoms with E-state index in [2.05, 4.69) is 15.3 Å². The number of pyridine rings is 1. The SMILES string of the molecule is N#CC1(OC2(c3ccc(F)nc3)C(=O)NCN=C2C(F)(F)F)C=CC=CC1. The fraction of sp³-hybridized carbons (Fsp3) is 0.294. The lowest BCUT2D eigenvalue weighted by molar-refractivity contribution is -0.157. The maximum absolute atomic E-state index is 13.8. The lowest BCUT2D eigenvalue weighted by Gasteiger charge is -2.41. The van der Waals surface area contributed by atoms with E-state index >= 15 is 0 Å². The molecule has 2 heterocycles. The average Bonchev–Trinajstić information content (AvgIpc) is 2.64. The first-order chi connectivity index (χ1) is 12.7. The van der Waals surface area contributed by atoms with Crippen LogP contribution < -0.4 is 5.32 Å². The Bertz CT molecular complexity index is 886. The number of allylic oxidation sites excluding steroid dienone is 2. The van der Waals surface area contributed by atoms with Crippen LogP contribution in [0.3, 0.4) is 0 Å². The van der Waals surface area contributed by atoms with Crippen LogP contribution in [0.4, 0.5) is 17.6 Å². The number of aromatic nitrogens is 1. The highest BCUT2D eigenvalue weighted by Crippen LogP contribution is 2.42. The fourth-order valence-corrected chi connectivity index (χ4v) is 2.88. The first kappa shape index (κ1) is 18.7. The smallest absolute Gasteiger partial charge is 0.334 e. The predicted octanol–water partition coefficient (Wildman–Crippen LogP) is 2.30. The Labute approximate surface area is 150 Å². The molecule has 6 nitrogen and oxygen atoms in total. The molecule has 1 aromatic rings. The van der Waals surface area contributed by atoms with Crippen molar-refractivity contribution >= 4 is 11.6 Å². The van der Waals surface area contributed by atoms with Crippen LogP contribution >= 0.6 is 0 Å². The summed E-state index contributed by atoms with van der Waals surface area (Å²) in [6.07, 6.45) is 1.41. The molecule has 1 aliphatic heterocycles. The number of nitrogens with one attached hydrogen (secondary N) is 1. The van der Waals surface area contributed by atoms with E-state index in [1.165, 1.54) is 18.2 Å². The Morgan fingerprint density at radius 3 is 2.63 bits per heavy atom. The van der Waals surface area contributed by atoms with Crippen molar-refractivity contribution < 1.29 is 27.1 Å². The van der Waals surface area contributed by atoms with Crippen LogP contribution in [0.25, 0.3) is 0 Å². The van der Waals surface area contributed by atoms with Gasteiger partial charge in [-0.2, -0.15) is 22.8 Å². The Morgan fingerprint density at radius 1 is 1.30 bits per heavy atom. The lowest BCUT2D eigenvalue weighted by Crippen LogP contribution is -2.62. The summed E-state index contributed by atoms with van der Waals surface area (Å²) in [5.41, 5.74) is -6.61. The number of hydrogen-bond donors (Lipinski definition) is 1. The van der Waals surface area contributed by atoms with Crippen LogP contribution in [-0.4, -0.2) is 35.0 Å². The van der Waals surface area contributed by atoms with Gasteiger partial charge in [-0.05, 0) is 18.2 Å². The zero-order chi connectivity index (χ0) is 19.7. The van der Waals surface area contributed by atoms with Crippen LogP contribution in [0, 0.1) is 17.3 Å². The molecule has 1 N–H and O–H groups in total. The zero-order valence-corrected chi connectivity index (χ0v) is 13.6. The maximum atomic E-state index is 13.8. The number of ether oxygens (including phenoxy) is 1. The minimum Gasteiger partial charge on any atom is -0.334 e. The summed E-state index contributed by atoms with van der Waals surface area (Å²) in [4.78, 5) is 19.4. The van der Waals surface area contributed by atoms with Gasteiger partial charge in [-0.25, -0.2) is 4.98 Å². The van der Waals surface area contributed by atoms with Crippen LogP contribution in [0.15, 0.2) is 47.6 Å². The third-order valence-electron chi connectivity index (χ3n) is 4.09. The summed E-state index contributed by atoms with van der Waals surface area (Å²) in [6.45, 7) is -0.608. The number of halogens is 4. The number of aliphatic imine (C=N–C) groups is 1. The number of nitriles is 1. The van der Waals surface area contributed by atoms with Crippen LogP contribution in [0.2, 0.25) is 0 Å². The van der Waals surface area contributed by atoms with Gasteiger partial charge in [0.15, 0.2) is 11.3 Å². The van der Waals surface area contributed by atoms with Crippen LogP contribution in [-0.2, 0) is 15.1 Å². The lowest BCUT2D eigenvalue weighted by atomic mass is 9.84. The number of amides is 1.